The van der Waals surface area contributed by atoms with Gasteiger partial charge in [-0.15, -0.1) is 0 Å². The molecule has 38 heavy (non-hydrogen) atoms. The second kappa shape index (κ2) is 16.1. The Hall–Kier alpha value is -2.09. The van der Waals surface area contributed by atoms with Gasteiger partial charge in [-0.25, -0.2) is 0 Å². The molecule has 0 heterocycles. The molecule has 8 heteroatoms. The molecule has 0 saturated carbocycles. The van der Waals surface area contributed by atoms with Crippen molar-refractivity contribution in [2.24, 2.45) is 39.8 Å². The van der Waals surface area contributed by atoms with Crippen molar-refractivity contribution in [3.05, 3.63) is 0 Å². The van der Waals surface area contributed by atoms with E-state index >= 15 is 0 Å². The van der Waals surface area contributed by atoms with Gasteiger partial charge in [0.2, 0.25) is 5.91 Å². The second-order valence-corrected chi connectivity index (χ2v) is 13.2. The quantitative estimate of drug-likeness (QED) is 0.143. The first kappa shape index (κ1) is 35.9. The van der Waals surface area contributed by atoms with Crippen LogP contribution in [0, 0.1) is 29.1 Å². The fourth-order valence-electron chi connectivity index (χ4n) is 4.30. The van der Waals surface area contributed by atoms with Crippen molar-refractivity contribution < 1.29 is 19.2 Å². The van der Waals surface area contributed by atoms with Crippen LogP contribution in [0.1, 0.15) is 108 Å². The first-order chi connectivity index (χ1) is 17.3. The van der Waals surface area contributed by atoms with Crippen LogP contribution in [0.25, 0.3) is 0 Å². The summed E-state index contributed by atoms with van der Waals surface area (Å²) >= 11 is 0. The number of nitrogens with zero attached hydrogens (tertiary/aromatic N) is 1. The summed E-state index contributed by atoms with van der Waals surface area (Å²) in [6.07, 6.45) is 2.10. The van der Waals surface area contributed by atoms with Crippen LogP contribution in [-0.4, -0.2) is 53.8 Å². The fraction of sp³-hybridized carbons (Fsp3) is 0.833. The Balaban J connectivity index is 5.65. The molecule has 0 aliphatic carbocycles. The highest BCUT2D eigenvalue weighted by molar-refractivity contribution is 5.95. The molecule has 0 fully saturated rings. The number of hydrogen-bond acceptors (Lipinski definition) is 6. The number of carbonyl (C=O) groups is 4. The number of nitrogens with two attached hydrogens (primary N) is 1. The minimum Gasteiger partial charge on any atom is -0.388 e. The average molecular weight is 537 g/mol. The molecule has 0 aliphatic rings. The number of nitrogens with one attached hydrogen (secondary N) is 2. The molecule has 4 atom stereocenters. The molecule has 0 aliphatic heterocycles. The Morgan fingerprint density at radius 2 is 1.53 bits per heavy atom. The van der Waals surface area contributed by atoms with Gasteiger partial charge in [-0.3, -0.25) is 24.2 Å². The van der Waals surface area contributed by atoms with Crippen LogP contribution in [0.3, 0.4) is 0 Å². The molecule has 0 aromatic heterocycles. The predicted octanol–water partition coefficient (Wildman–Crippen LogP) is 4.48. The minimum absolute atomic E-state index is 0.0155. The summed E-state index contributed by atoms with van der Waals surface area (Å²) in [6.45, 7) is 21.7. The van der Waals surface area contributed by atoms with Crippen LogP contribution < -0.4 is 16.4 Å². The van der Waals surface area contributed by atoms with Gasteiger partial charge in [-0.2, -0.15) is 0 Å². The third kappa shape index (κ3) is 14.2. The van der Waals surface area contributed by atoms with Gasteiger partial charge in [-0.1, -0.05) is 54.9 Å². The highest BCUT2D eigenvalue weighted by atomic mass is 16.2. The Morgan fingerprint density at radius 3 is 1.97 bits per heavy atom. The number of amides is 1. The van der Waals surface area contributed by atoms with Crippen molar-refractivity contribution in [3.8, 4) is 0 Å². The average Bonchev–Trinajstić information content (AvgIpc) is 2.78. The van der Waals surface area contributed by atoms with Crippen molar-refractivity contribution in [2.75, 3.05) is 13.1 Å². The molecule has 0 bridgehead atoms. The summed E-state index contributed by atoms with van der Waals surface area (Å²) in [5.41, 5.74) is 4.84. The van der Waals surface area contributed by atoms with Gasteiger partial charge in [0.15, 0.2) is 5.78 Å². The fourth-order valence-corrected chi connectivity index (χ4v) is 4.30. The van der Waals surface area contributed by atoms with Gasteiger partial charge in [0.25, 0.3) is 0 Å². The van der Waals surface area contributed by atoms with Crippen molar-refractivity contribution in [1.29, 1.82) is 0 Å². The molecule has 0 saturated heterocycles. The van der Waals surface area contributed by atoms with Gasteiger partial charge in [-0.05, 0) is 52.4 Å². The van der Waals surface area contributed by atoms with Crippen LogP contribution in [0.2, 0.25) is 0 Å². The summed E-state index contributed by atoms with van der Waals surface area (Å²) in [5, 5.41) is 6.15. The Morgan fingerprint density at radius 1 is 0.947 bits per heavy atom. The molecule has 220 valence electrons. The Kier molecular flexibility index (Phi) is 15.2. The number of rotatable bonds is 17. The van der Waals surface area contributed by atoms with Crippen molar-refractivity contribution in [2.45, 2.75) is 120 Å². The third-order valence-corrected chi connectivity index (χ3v) is 6.87. The SMILES string of the molecule is CCC(C)[C@@H](CC(=O)CNC(C)(C)C)C(=O)N[C@H](C(=O)C[C@@H](CCCN=C(C)N)C(=O)C(C)(C)C)C(C)C. The van der Waals surface area contributed by atoms with Crippen LogP contribution in [0.4, 0.5) is 0 Å². The zero-order valence-corrected chi connectivity index (χ0v) is 26.0. The van der Waals surface area contributed by atoms with E-state index in [9.17, 15) is 19.2 Å². The number of carbonyl (C=O) groups excluding carboxylic acids is 4. The number of ketones is 3. The molecule has 1 amide bonds. The number of aliphatic imine (C=N–C) groups is 1. The van der Waals surface area contributed by atoms with E-state index in [4.69, 9.17) is 5.73 Å². The molecular weight excluding hydrogens is 480 g/mol. The number of amidine groups is 1. The maximum atomic E-state index is 13.5. The van der Waals surface area contributed by atoms with Crippen LogP contribution in [0.5, 0.6) is 0 Å². The van der Waals surface area contributed by atoms with Crippen molar-refractivity contribution in [3.63, 3.8) is 0 Å². The van der Waals surface area contributed by atoms with E-state index in [1.165, 1.54) is 0 Å². The van der Waals surface area contributed by atoms with E-state index in [-0.39, 0.29) is 60.0 Å². The first-order valence-electron chi connectivity index (χ1n) is 14.2. The van der Waals surface area contributed by atoms with Crippen LogP contribution >= 0.6 is 0 Å². The van der Waals surface area contributed by atoms with Gasteiger partial charge < -0.3 is 16.4 Å². The van der Waals surface area contributed by atoms with E-state index in [1.807, 2.05) is 69.2 Å². The standard InChI is InChI=1S/C30H56N4O4/c1-12-20(4)24(17-23(35)18-33-30(9,10)11)28(38)34-26(19(2)3)25(36)16-22(27(37)29(6,7)8)14-13-15-32-21(5)31/h19-20,22,24,26,33H,12-18H2,1-11H3,(H2,31,32)(H,34,38)/t20?,22-,24-,26+/m1/s1. The highest BCUT2D eigenvalue weighted by Crippen LogP contribution is 2.27. The van der Waals surface area contributed by atoms with E-state index in [0.29, 0.717) is 25.2 Å². The zero-order valence-electron chi connectivity index (χ0n) is 26.0. The lowest BCUT2D eigenvalue weighted by Gasteiger charge is -2.29. The molecule has 0 rings (SSSR count). The summed E-state index contributed by atoms with van der Waals surface area (Å²) in [7, 11) is 0. The monoisotopic (exact) mass is 536 g/mol. The third-order valence-electron chi connectivity index (χ3n) is 6.87. The lowest BCUT2D eigenvalue weighted by Crippen LogP contribution is -2.49. The Labute approximate surface area is 231 Å². The molecule has 0 radical (unpaired) electrons. The second-order valence-electron chi connectivity index (χ2n) is 13.2. The van der Waals surface area contributed by atoms with Crippen LogP contribution in [-0.2, 0) is 19.2 Å². The molecule has 1 unspecified atom stereocenters. The van der Waals surface area contributed by atoms with Crippen molar-refractivity contribution >= 4 is 29.1 Å². The summed E-state index contributed by atoms with van der Waals surface area (Å²) in [5.74, 6) is -1.08. The largest absolute Gasteiger partial charge is 0.388 e. The summed E-state index contributed by atoms with van der Waals surface area (Å²) < 4.78 is 0. The lowest BCUT2D eigenvalue weighted by atomic mass is 9.77. The zero-order chi connectivity index (χ0) is 29.8. The maximum Gasteiger partial charge on any atom is 0.224 e. The molecule has 8 nitrogen and oxygen atoms in total. The first-order valence-corrected chi connectivity index (χ1v) is 14.2. The molecule has 4 N–H and O–H groups in total. The van der Waals surface area contributed by atoms with E-state index in [1.54, 1.807) is 6.92 Å². The number of Topliss-reactive ketones (excluding diaryl/α,β-unsaturated/α-hetero) is 3. The topological polar surface area (TPSA) is 131 Å². The van der Waals surface area contributed by atoms with Crippen LogP contribution in [0.15, 0.2) is 4.99 Å². The smallest absolute Gasteiger partial charge is 0.224 e. The molecular formula is C30H56N4O4. The molecule has 0 aromatic carbocycles. The normalized spacial score (nSPS) is 16.1. The predicted molar refractivity (Wildman–Crippen MR) is 156 cm³/mol. The highest BCUT2D eigenvalue weighted by Gasteiger charge is 2.35. The summed E-state index contributed by atoms with van der Waals surface area (Å²) in [6, 6.07) is -0.726. The van der Waals surface area contributed by atoms with E-state index < -0.39 is 23.3 Å². The summed E-state index contributed by atoms with van der Waals surface area (Å²) in [4.78, 5) is 57.0. The van der Waals surface area contributed by atoms with Gasteiger partial charge in [0.05, 0.1) is 18.4 Å². The van der Waals surface area contributed by atoms with E-state index in [2.05, 4.69) is 15.6 Å². The van der Waals surface area contributed by atoms with Gasteiger partial charge >= 0.3 is 0 Å². The van der Waals surface area contributed by atoms with Gasteiger partial charge in [0.1, 0.15) is 11.6 Å². The van der Waals surface area contributed by atoms with Gasteiger partial charge in [0, 0.05) is 42.2 Å². The molecule has 0 spiro atoms. The molecule has 0 aromatic rings. The van der Waals surface area contributed by atoms with Crippen molar-refractivity contribution in [1.82, 2.24) is 10.6 Å². The minimum atomic E-state index is -0.726. The van der Waals surface area contributed by atoms with E-state index in [0.717, 1.165) is 6.42 Å². The lowest BCUT2D eigenvalue weighted by molar-refractivity contribution is -0.137. The maximum absolute atomic E-state index is 13.5. The number of hydrogen-bond donors (Lipinski definition) is 3. The Bertz CT molecular complexity index is 817.